The minimum Gasteiger partial charge on any atom is -0.481 e. The average molecular weight is 1980 g/mol. The third kappa shape index (κ3) is 29.3. The number of rotatable bonds is 30. The second-order valence-electron chi connectivity index (χ2n) is 30.9. The minimum atomic E-state index is -2.31. The minimum absolute atomic E-state index is 0.0568. The third-order valence-corrected chi connectivity index (χ3v) is 30.2. The van der Waals surface area contributed by atoms with E-state index in [2.05, 4.69) is 5.32 Å². The molecule has 18 bridgehead atoms. The summed E-state index contributed by atoms with van der Waals surface area (Å²) in [6.07, 6.45) is -84.2. The van der Waals surface area contributed by atoms with Gasteiger partial charge in [-0.3, -0.25) is 43.7 Å². The Balaban J connectivity index is 1.04. The SMILES string of the molecule is O=C(O)CCSC[C@H]1O[C@@H]2O[C@H]3[C@H](O)[C@@H](O)[C@@H](O[C@H]4[C@H](O)[C@@H](O)[C@@H](O[C@H]5[C@H](O)[C@@H](O)[C@H]6O[C@H]7[C@H](O)[C@@H](O)[C@@H](O[C@H]8[C@H](O)[C@@H](O)[C@@H](O[C@H]9[C@H](O)[C@@H](O)[C@@H](O[C@H]%10[C@H](O)[C@@H](O)[C@@H](O[C@H]1[C@H](O)[C@H]2O)O[C@@H]%10CSCCC(=O)O)O[C@@H]9CSCCC(=O)O)O[C@@H]8CSCCC(=O)O)O[C@@H]7CSCCC(=O)NC(=O)CCSC[C@H]5O6)O[C@@H]4CSCCC(=O)O)O[C@@H]3CSCCC(=O)O. The summed E-state index contributed by atoms with van der Waals surface area (Å²) in [6.45, 7) is 0. The third-order valence-electron chi connectivity index (χ3n) is 21.7. The van der Waals surface area contributed by atoms with Crippen molar-refractivity contribution in [1.29, 1.82) is 0 Å². The van der Waals surface area contributed by atoms with Crippen molar-refractivity contribution >= 4 is 142 Å². The molecule has 28 aliphatic heterocycles. The van der Waals surface area contributed by atoms with Gasteiger partial charge in [0.05, 0.1) is 87.4 Å². The maximum Gasteiger partial charge on any atom is 0.304 e. The van der Waals surface area contributed by atoms with Gasteiger partial charge in [-0.2, -0.15) is 94.1 Å². The van der Waals surface area contributed by atoms with Gasteiger partial charge >= 0.3 is 35.8 Å². The normalized spacial score (nSPS) is 43.0. The van der Waals surface area contributed by atoms with E-state index in [9.17, 15) is 151 Å². The number of ether oxygens (including phenoxy) is 16. The summed E-state index contributed by atoms with van der Waals surface area (Å²) < 4.78 is 101. The van der Waals surface area contributed by atoms with Crippen LogP contribution in [0.25, 0.3) is 0 Å². The molecule has 28 rings (SSSR count). The summed E-state index contributed by atoms with van der Waals surface area (Å²) in [5.41, 5.74) is 0. The maximum atomic E-state index is 13.2. The summed E-state index contributed by atoms with van der Waals surface area (Å²) >= 11 is 7.32. The number of aliphatic carboxylic acids is 6. The van der Waals surface area contributed by atoms with Crippen LogP contribution in [0.2, 0.25) is 0 Å². The van der Waals surface area contributed by atoms with Gasteiger partial charge in [0.15, 0.2) is 50.3 Å². The monoisotopic (exact) mass is 1980 g/mol. The Morgan fingerprint density at radius 2 is 0.417 bits per heavy atom. The van der Waals surface area contributed by atoms with Crippen LogP contribution in [0.1, 0.15) is 51.4 Å². The fraction of sp³-hybridized carbons (Fsp3) is 0.889. The molecule has 40 atom stereocenters. The van der Waals surface area contributed by atoms with Crippen molar-refractivity contribution in [3.8, 4) is 0 Å². The Kier molecular flexibility index (Phi) is 42.8. The summed E-state index contributed by atoms with van der Waals surface area (Å²) in [6, 6.07) is 0. The maximum absolute atomic E-state index is 13.2. The molecular formula is C72H111NO46S8. The molecule has 0 aromatic heterocycles. The lowest BCUT2D eigenvalue weighted by Gasteiger charge is -2.51. The van der Waals surface area contributed by atoms with Crippen molar-refractivity contribution < 1.29 is 226 Å². The molecule has 728 valence electrons. The first-order valence-corrected chi connectivity index (χ1v) is 49.8. The molecule has 47 nitrogen and oxygen atoms in total. The fourth-order valence-corrected chi connectivity index (χ4v) is 22.9. The smallest absolute Gasteiger partial charge is 0.304 e. The molecular weight excluding hydrogens is 1870 g/mol. The van der Waals surface area contributed by atoms with Crippen molar-refractivity contribution in [1.82, 2.24) is 5.32 Å². The largest absolute Gasteiger partial charge is 0.481 e. The molecule has 0 aromatic carbocycles. The molecule has 0 aliphatic carbocycles. The number of amides is 2. The van der Waals surface area contributed by atoms with Crippen LogP contribution in [0.5, 0.6) is 0 Å². The first-order chi connectivity index (χ1) is 60.4. The summed E-state index contributed by atoms with van der Waals surface area (Å²) in [4.78, 5) is 97.2. The van der Waals surface area contributed by atoms with Crippen LogP contribution in [0.3, 0.4) is 0 Å². The molecule has 0 saturated carbocycles. The predicted molar refractivity (Wildman–Crippen MR) is 439 cm³/mol. The summed E-state index contributed by atoms with van der Waals surface area (Å²) in [5, 5.41) is 256. The number of carbonyl (C=O) groups excluding carboxylic acids is 2. The predicted octanol–water partition coefficient (Wildman–Crippen LogP) is -8.19. The average Bonchev–Trinajstić information content (AvgIpc) is 0.803. The second kappa shape index (κ2) is 51.1. The Bertz CT molecular complexity index is 3320. The molecule has 28 fully saturated rings. The van der Waals surface area contributed by atoms with Crippen LogP contribution >= 0.6 is 94.1 Å². The van der Waals surface area contributed by atoms with E-state index in [0.717, 1.165) is 94.1 Å². The van der Waals surface area contributed by atoms with Crippen LogP contribution in [0.15, 0.2) is 0 Å². The summed E-state index contributed by atoms with van der Waals surface area (Å²) in [5.74, 6) is -12.7. The van der Waals surface area contributed by atoms with Crippen molar-refractivity contribution in [2.24, 2.45) is 0 Å². The number of imide groups is 1. The number of carbonyl (C=O) groups is 8. The highest BCUT2D eigenvalue weighted by atomic mass is 32.2. The fourth-order valence-electron chi connectivity index (χ4n) is 15.0. The van der Waals surface area contributed by atoms with Gasteiger partial charge in [0.1, 0.15) is 146 Å². The molecule has 127 heavy (non-hydrogen) atoms. The van der Waals surface area contributed by atoms with Gasteiger partial charge in [-0.15, -0.1) is 0 Å². The highest BCUT2D eigenvalue weighted by molar-refractivity contribution is 8.00. The molecule has 23 N–H and O–H groups in total. The van der Waals surface area contributed by atoms with Crippen molar-refractivity contribution in [3.63, 3.8) is 0 Å². The topological polar surface area (TPSA) is 741 Å². The number of hydrogen-bond acceptors (Lipinski definition) is 48. The van der Waals surface area contributed by atoms with Gasteiger partial charge in [0, 0.05) is 105 Å². The standard InChI is InChI=1S/C72H111NO46S8/c74-33-1-9-120-17-25-57-42(89)50(97)66(105-25)114-59-27(19-122-11-3-35(76)77)107-68(52(99)44(59)91)116-61-29(21-124-13-5-37(80)81)109-70(54(101)46(61)93)118-63-31(23-126-15-7-39(84)85)111-72(56(103)48(63)95)119-64-32(24-127-16-8-40(86)87)110-71(55(102)47(64)94)117-62-30(22-125-14-6-38(82)83)108-69(53(100)45(62)92)115-60-28(20-123-12-4-36(78)79)106-67(51(98)43(60)90)113-58-26(18-121-10-2-34(75)73-33)104-65(112-57)49(96)41(58)88/h25-32,41-72,88-103H,1-24H2,(H,76,77)(H,78,79)(H,80,81)(H,82,83)(H,84,85)(H,86,87)(H,73,74,75)/t25-,26-,27-,28-,29-,30-,31-,32-,41-,42-,43-,44-,45-,46-,47-,48-,49-,50-,51-,52-,53-,54-,55-,56-,57-,58-,59-,60-,61-,62-,63-,64-,65-,66-,67-,68-,69-,70-,71-,72-/m1/s1. The van der Waals surface area contributed by atoms with Crippen LogP contribution in [0.4, 0.5) is 0 Å². The highest BCUT2D eigenvalue weighted by Gasteiger charge is 2.61. The van der Waals surface area contributed by atoms with Crippen LogP contribution in [0, 0.1) is 0 Å². The van der Waals surface area contributed by atoms with E-state index in [0.29, 0.717) is 0 Å². The molecule has 55 heteroatoms. The van der Waals surface area contributed by atoms with E-state index < -0.39 is 332 Å². The van der Waals surface area contributed by atoms with Crippen molar-refractivity contribution in [2.75, 3.05) is 92.0 Å². The van der Waals surface area contributed by atoms with E-state index in [-0.39, 0.29) is 105 Å². The summed E-state index contributed by atoms with van der Waals surface area (Å²) in [7, 11) is 0. The molecule has 0 spiro atoms. The number of thioether (sulfide) groups is 8. The molecule has 28 saturated heterocycles. The lowest BCUT2D eigenvalue weighted by Crippen LogP contribution is -2.69. The van der Waals surface area contributed by atoms with Crippen molar-refractivity contribution in [3.05, 3.63) is 0 Å². The molecule has 28 heterocycles. The van der Waals surface area contributed by atoms with E-state index >= 15 is 0 Å². The molecule has 0 radical (unpaired) electrons. The second-order valence-corrected chi connectivity index (χ2v) is 40.1. The Morgan fingerprint density at radius 3 is 0.598 bits per heavy atom. The number of aliphatic hydroxyl groups excluding tert-OH is 16. The lowest BCUT2D eigenvalue weighted by atomic mass is 9.95. The molecule has 0 aromatic rings. The van der Waals surface area contributed by atoms with Gasteiger partial charge in [-0.05, 0) is 0 Å². The lowest BCUT2D eigenvalue weighted by molar-refractivity contribution is -0.396. The van der Waals surface area contributed by atoms with E-state index in [1.165, 1.54) is 0 Å². The number of carboxylic acid groups (broad SMARTS) is 6. The van der Waals surface area contributed by atoms with Crippen molar-refractivity contribution in [2.45, 2.75) is 297 Å². The van der Waals surface area contributed by atoms with Crippen LogP contribution in [-0.4, -0.2) is 498 Å². The molecule has 2 amide bonds. The van der Waals surface area contributed by atoms with E-state index in [4.69, 9.17) is 75.8 Å². The number of aliphatic hydroxyl groups is 16. The van der Waals surface area contributed by atoms with E-state index in [1.54, 1.807) is 0 Å². The zero-order valence-electron chi connectivity index (χ0n) is 67.5. The van der Waals surface area contributed by atoms with Gasteiger partial charge in [0.25, 0.3) is 0 Å². The van der Waals surface area contributed by atoms with Crippen LogP contribution < -0.4 is 5.32 Å². The first-order valence-electron chi connectivity index (χ1n) is 40.5. The Morgan fingerprint density at radius 1 is 0.252 bits per heavy atom. The van der Waals surface area contributed by atoms with Gasteiger partial charge < -0.3 is 188 Å². The van der Waals surface area contributed by atoms with Gasteiger partial charge in [-0.1, -0.05) is 0 Å². The van der Waals surface area contributed by atoms with Gasteiger partial charge in [-0.25, -0.2) is 0 Å². The quantitative estimate of drug-likeness (QED) is 0.0235. The molecule has 0 unspecified atom stereocenters. The zero-order valence-corrected chi connectivity index (χ0v) is 74.0. The van der Waals surface area contributed by atoms with Gasteiger partial charge in [0.2, 0.25) is 11.8 Å². The highest BCUT2D eigenvalue weighted by Crippen LogP contribution is 2.43. The van der Waals surface area contributed by atoms with Crippen LogP contribution in [-0.2, 0) is 114 Å². The first kappa shape index (κ1) is 107. The number of nitrogens with one attached hydrogen (secondary N) is 1. The van der Waals surface area contributed by atoms with E-state index in [1.807, 2.05) is 0 Å². The molecule has 28 aliphatic rings. The number of carboxylic acids is 6. The Hall–Kier alpha value is -2.52. The Labute approximate surface area is 758 Å². The number of hydrogen-bond donors (Lipinski definition) is 23. The zero-order chi connectivity index (χ0) is 92.4.